The Kier molecular flexibility index (Phi) is 5.73. The molecule has 4 rings (SSSR count). The Morgan fingerprint density at radius 3 is 2.55 bits per heavy atom. The minimum atomic E-state index is -0.323. The van der Waals surface area contributed by atoms with Crippen molar-refractivity contribution in [1.29, 1.82) is 0 Å². The van der Waals surface area contributed by atoms with Gasteiger partial charge < -0.3 is 5.32 Å². The molecule has 2 heterocycles. The van der Waals surface area contributed by atoms with Crippen LogP contribution in [0.2, 0.25) is 5.02 Å². The van der Waals surface area contributed by atoms with Gasteiger partial charge in [-0.15, -0.1) is 10.2 Å². The molecule has 6 nitrogen and oxygen atoms in total. The third-order valence-electron chi connectivity index (χ3n) is 4.09. The summed E-state index contributed by atoms with van der Waals surface area (Å²) < 4.78 is 14.8. The third-order valence-corrected chi connectivity index (χ3v) is 5.27. The lowest BCUT2D eigenvalue weighted by Crippen LogP contribution is -2.24. The van der Waals surface area contributed by atoms with Crippen molar-refractivity contribution in [3.8, 4) is 11.4 Å². The Bertz CT molecular complexity index is 1150. The van der Waals surface area contributed by atoms with E-state index in [1.165, 1.54) is 23.9 Å². The molecule has 0 saturated carbocycles. The predicted molar refractivity (Wildman–Crippen MR) is 110 cm³/mol. The number of halogens is 2. The number of hydrogen-bond acceptors (Lipinski definition) is 5. The van der Waals surface area contributed by atoms with Crippen LogP contribution in [0.4, 0.5) is 4.39 Å². The van der Waals surface area contributed by atoms with Crippen LogP contribution in [0.3, 0.4) is 0 Å². The van der Waals surface area contributed by atoms with Crippen LogP contribution in [-0.4, -0.2) is 31.5 Å². The quantitative estimate of drug-likeness (QED) is 0.471. The summed E-state index contributed by atoms with van der Waals surface area (Å²) in [5.74, 6) is 0.306. The Balaban J connectivity index is 1.41. The minimum absolute atomic E-state index is 0.102. The van der Waals surface area contributed by atoms with Gasteiger partial charge in [0, 0.05) is 17.1 Å². The molecule has 146 valence electrons. The summed E-state index contributed by atoms with van der Waals surface area (Å²) in [4.78, 5) is 12.1. The highest BCUT2D eigenvalue weighted by Gasteiger charge is 2.11. The molecule has 0 atom stereocenters. The lowest BCUT2D eigenvalue weighted by molar-refractivity contribution is -0.118. The molecule has 0 saturated heterocycles. The van der Waals surface area contributed by atoms with Crippen molar-refractivity contribution >= 4 is 34.9 Å². The standard InChI is InChI=1S/C20H15ClFN5OS/c21-15-5-1-13(2-6-15)11-23-18(28)12-29-19-10-9-17-24-25-20(27(17)26-19)14-3-7-16(22)8-4-14/h1-10H,11-12H2,(H,23,28). The van der Waals surface area contributed by atoms with Crippen molar-refractivity contribution < 1.29 is 9.18 Å². The van der Waals surface area contributed by atoms with Crippen LogP contribution >= 0.6 is 23.4 Å². The number of nitrogens with zero attached hydrogens (tertiary/aromatic N) is 4. The maximum atomic E-state index is 13.2. The maximum absolute atomic E-state index is 13.2. The van der Waals surface area contributed by atoms with Gasteiger partial charge in [-0.3, -0.25) is 4.79 Å². The molecule has 0 radical (unpaired) electrons. The molecule has 0 fully saturated rings. The lowest BCUT2D eigenvalue weighted by atomic mass is 10.2. The fraction of sp³-hybridized carbons (Fsp3) is 0.100. The topological polar surface area (TPSA) is 72.2 Å². The van der Waals surface area contributed by atoms with Gasteiger partial charge in [0.2, 0.25) is 5.91 Å². The molecule has 1 N–H and O–H groups in total. The van der Waals surface area contributed by atoms with Crippen molar-refractivity contribution in [2.45, 2.75) is 11.6 Å². The van der Waals surface area contributed by atoms with E-state index in [2.05, 4.69) is 20.6 Å². The summed E-state index contributed by atoms with van der Waals surface area (Å²) in [6.45, 7) is 0.434. The first-order valence-electron chi connectivity index (χ1n) is 8.71. The Morgan fingerprint density at radius 2 is 1.79 bits per heavy atom. The summed E-state index contributed by atoms with van der Waals surface area (Å²) in [6, 6.07) is 16.8. The highest BCUT2D eigenvalue weighted by Crippen LogP contribution is 2.21. The van der Waals surface area contributed by atoms with Crippen molar-refractivity contribution in [3.63, 3.8) is 0 Å². The smallest absolute Gasteiger partial charge is 0.230 e. The number of fused-ring (bicyclic) bond motifs is 1. The molecule has 0 unspecified atom stereocenters. The van der Waals surface area contributed by atoms with Crippen LogP contribution in [0.25, 0.3) is 17.0 Å². The zero-order valence-electron chi connectivity index (χ0n) is 15.0. The molecule has 1 amide bonds. The van der Waals surface area contributed by atoms with Crippen LogP contribution in [0.5, 0.6) is 0 Å². The molecule has 0 aliphatic rings. The van der Waals surface area contributed by atoms with Gasteiger partial charge in [0.1, 0.15) is 10.8 Å². The largest absolute Gasteiger partial charge is 0.351 e. The highest BCUT2D eigenvalue weighted by molar-refractivity contribution is 7.99. The van der Waals surface area contributed by atoms with Gasteiger partial charge in [0.25, 0.3) is 0 Å². The summed E-state index contributed by atoms with van der Waals surface area (Å²) in [6.07, 6.45) is 0. The minimum Gasteiger partial charge on any atom is -0.351 e. The number of benzene rings is 2. The SMILES string of the molecule is O=C(CSc1ccc2nnc(-c3ccc(F)cc3)n2n1)NCc1ccc(Cl)cc1. The first-order valence-corrected chi connectivity index (χ1v) is 10.1. The molecule has 29 heavy (non-hydrogen) atoms. The van der Waals surface area contributed by atoms with Crippen LogP contribution in [0, 0.1) is 5.82 Å². The van der Waals surface area contributed by atoms with E-state index in [-0.39, 0.29) is 17.5 Å². The third kappa shape index (κ3) is 4.72. The second kappa shape index (κ2) is 8.59. The number of aromatic nitrogens is 4. The summed E-state index contributed by atoms with van der Waals surface area (Å²) in [5.41, 5.74) is 2.25. The number of carbonyl (C=O) groups excluding carboxylic acids is 1. The number of hydrogen-bond donors (Lipinski definition) is 1. The molecule has 2 aromatic heterocycles. The number of carbonyl (C=O) groups is 1. The van der Waals surface area contributed by atoms with Gasteiger partial charge in [-0.2, -0.15) is 9.61 Å². The normalized spacial score (nSPS) is 11.0. The lowest BCUT2D eigenvalue weighted by Gasteiger charge is -2.06. The number of amides is 1. The first kappa shape index (κ1) is 19.4. The van der Waals surface area contributed by atoms with Gasteiger partial charge in [0.05, 0.1) is 5.75 Å². The van der Waals surface area contributed by atoms with E-state index in [1.54, 1.807) is 40.9 Å². The number of nitrogens with one attached hydrogen (secondary N) is 1. The molecule has 9 heteroatoms. The molecular formula is C20H15ClFN5OS. The molecule has 2 aromatic carbocycles. The van der Waals surface area contributed by atoms with Gasteiger partial charge in [-0.1, -0.05) is 35.5 Å². The summed E-state index contributed by atoms with van der Waals surface area (Å²) in [7, 11) is 0. The Hall–Kier alpha value is -2.97. The zero-order valence-corrected chi connectivity index (χ0v) is 16.6. The van der Waals surface area contributed by atoms with E-state index in [9.17, 15) is 9.18 Å². The van der Waals surface area contributed by atoms with E-state index in [4.69, 9.17) is 11.6 Å². The fourth-order valence-electron chi connectivity index (χ4n) is 2.62. The van der Waals surface area contributed by atoms with Gasteiger partial charge in [-0.25, -0.2) is 4.39 Å². The number of thioether (sulfide) groups is 1. The van der Waals surface area contributed by atoms with Crippen LogP contribution in [-0.2, 0) is 11.3 Å². The van der Waals surface area contributed by atoms with E-state index >= 15 is 0 Å². The van der Waals surface area contributed by atoms with Crippen molar-refractivity contribution in [1.82, 2.24) is 25.1 Å². The summed E-state index contributed by atoms with van der Waals surface area (Å²) >= 11 is 7.17. The summed E-state index contributed by atoms with van der Waals surface area (Å²) in [5, 5.41) is 16.9. The molecule has 0 bridgehead atoms. The second-order valence-electron chi connectivity index (χ2n) is 6.16. The predicted octanol–water partition coefficient (Wildman–Crippen LogP) is 3.99. The average molecular weight is 428 g/mol. The zero-order chi connectivity index (χ0) is 20.2. The molecule has 0 aliphatic heterocycles. The Morgan fingerprint density at radius 1 is 1.03 bits per heavy atom. The highest BCUT2D eigenvalue weighted by atomic mass is 35.5. The Labute approximate surface area is 175 Å². The molecule has 4 aromatic rings. The van der Waals surface area contributed by atoms with Crippen molar-refractivity contribution in [3.05, 3.63) is 77.1 Å². The fourth-order valence-corrected chi connectivity index (χ4v) is 3.43. The van der Waals surface area contributed by atoms with Crippen LogP contribution < -0.4 is 5.32 Å². The second-order valence-corrected chi connectivity index (χ2v) is 7.60. The van der Waals surface area contributed by atoms with E-state index < -0.39 is 0 Å². The molecule has 0 aliphatic carbocycles. The number of rotatable bonds is 6. The average Bonchev–Trinajstić information content (AvgIpc) is 3.15. The maximum Gasteiger partial charge on any atom is 0.230 e. The van der Waals surface area contributed by atoms with Crippen LogP contribution in [0.1, 0.15) is 5.56 Å². The van der Waals surface area contributed by atoms with Gasteiger partial charge in [-0.05, 0) is 54.1 Å². The molecule has 0 spiro atoms. The molecular weight excluding hydrogens is 413 g/mol. The van der Waals surface area contributed by atoms with Gasteiger partial charge >= 0.3 is 0 Å². The van der Waals surface area contributed by atoms with Crippen molar-refractivity contribution in [2.75, 3.05) is 5.75 Å². The van der Waals surface area contributed by atoms with Crippen LogP contribution in [0.15, 0.2) is 65.7 Å². The first-order chi connectivity index (χ1) is 14.1. The van der Waals surface area contributed by atoms with E-state index in [0.29, 0.717) is 33.6 Å². The van der Waals surface area contributed by atoms with Crippen molar-refractivity contribution in [2.24, 2.45) is 0 Å². The monoisotopic (exact) mass is 427 g/mol. The van der Waals surface area contributed by atoms with E-state index in [0.717, 1.165) is 5.56 Å². The van der Waals surface area contributed by atoms with Gasteiger partial charge in [0.15, 0.2) is 11.5 Å². The van der Waals surface area contributed by atoms with E-state index in [1.807, 2.05) is 12.1 Å².